The maximum atomic E-state index is 11.7. The van der Waals surface area contributed by atoms with Crippen molar-refractivity contribution >= 4 is 5.97 Å². The lowest BCUT2D eigenvalue weighted by Gasteiger charge is -2.12. The van der Waals surface area contributed by atoms with E-state index >= 15 is 0 Å². The SMILES string of the molecule is COC(=O)C(c1ccccc1)c1ccco1. The lowest BCUT2D eigenvalue weighted by atomic mass is 9.97. The molecule has 0 radical (unpaired) electrons. The molecule has 1 aromatic carbocycles. The van der Waals surface area contributed by atoms with Gasteiger partial charge in [-0.25, -0.2) is 0 Å². The summed E-state index contributed by atoms with van der Waals surface area (Å²) in [5.41, 5.74) is 0.865. The lowest BCUT2D eigenvalue weighted by molar-refractivity contribution is -0.141. The van der Waals surface area contributed by atoms with Crippen LogP contribution in [0.2, 0.25) is 0 Å². The Morgan fingerprint density at radius 3 is 2.50 bits per heavy atom. The molecule has 16 heavy (non-hydrogen) atoms. The summed E-state index contributed by atoms with van der Waals surface area (Å²) < 4.78 is 10.1. The van der Waals surface area contributed by atoms with E-state index in [1.165, 1.54) is 7.11 Å². The number of furan rings is 1. The Bertz CT molecular complexity index is 445. The third kappa shape index (κ3) is 1.98. The van der Waals surface area contributed by atoms with Crippen LogP contribution in [0.15, 0.2) is 53.1 Å². The number of rotatable bonds is 3. The van der Waals surface area contributed by atoms with E-state index < -0.39 is 5.92 Å². The second-order valence-corrected chi connectivity index (χ2v) is 3.38. The molecule has 0 amide bonds. The molecule has 1 atom stereocenters. The van der Waals surface area contributed by atoms with Gasteiger partial charge in [-0.1, -0.05) is 30.3 Å². The van der Waals surface area contributed by atoms with E-state index in [-0.39, 0.29) is 5.97 Å². The highest BCUT2D eigenvalue weighted by molar-refractivity contribution is 5.81. The number of methoxy groups -OCH3 is 1. The Hall–Kier alpha value is -2.03. The summed E-state index contributed by atoms with van der Waals surface area (Å²) in [6.07, 6.45) is 1.55. The van der Waals surface area contributed by atoms with Crippen molar-refractivity contribution in [1.82, 2.24) is 0 Å². The average Bonchev–Trinajstić information content (AvgIpc) is 2.84. The normalized spacial score (nSPS) is 12.1. The highest BCUT2D eigenvalue weighted by Gasteiger charge is 2.25. The average molecular weight is 216 g/mol. The third-order valence-corrected chi connectivity index (χ3v) is 2.40. The third-order valence-electron chi connectivity index (χ3n) is 2.40. The van der Waals surface area contributed by atoms with Crippen LogP contribution in [0.1, 0.15) is 17.2 Å². The zero-order valence-corrected chi connectivity index (χ0v) is 8.92. The highest BCUT2D eigenvalue weighted by Crippen LogP contribution is 2.25. The quantitative estimate of drug-likeness (QED) is 0.740. The van der Waals surface area contributed by atoms with E-state index in [1.807, 2.05) is 30.3 Å². The van der Waals surface area contributed by atoms with Crippen LogP contribution in [0.4, 0.5) is 0 Å². The van der Waals surface area contributed by atoms with Crippen LogP contribution in [0.5, 0.6) is 0 Å². The van der Waals surface area contributed by atoms with Crippen LogP contribution in [0.25, 0.3) is 0 Å². The van der Waals surface area contributed by atoms with E-state index in [9.17, 15) is 4.79 Å². The molecule has 0 bridgehead atoms. The summed E-state index contributed by atoms with van der Waals surface area (Å²) in [5, 5.41) is 0. The molecule has 0 spiro atoms. The molecule has 0 N–H and O–H groups in total. The van der Waals surface area contributed by atoms with Gasteiger partial charge in [0.1, 0.15) is 11.7 Å². The van der Waals surface area contributed by atoms with E-state index in [2.05, 4.69) is 0 Å². The summed E-state index contributed by atoms with van der Waals surface area (Å²) in [7, 11) is 1.38. The summed E-state index contributed by atoms with van der Waals surface area (Å²) >= 11 is 0. The van der Waals surface area contributed by atoms with Crippen LogP contribution >= 0.6 is 0 Å². The number of hydrogen-bond acceptors (Lipinski definition) is 3. The van der Waals surface area contributed by atoms with Gasteiger partial charge in [0.25, 0.3) is 0 Å². The van der Waals surface area contributed by atoms with Gasteiger partial charge in [0.05, 0.1) is 13.4 Å². The van der Waals surface area contributed by atoms with Crippen molar-refractivity contribution in [2.75, 3.05) is 7.11 Å². The Morgan fingerprint density at radius 1 is 1.19 bits per heavy atom. The van der Waals surface area contributed by atoms with Crippen LogP contribution in [0.3, 0.4) is 0 Å². The molecule has 0 saturated heterocycles. The summed E-state index contributed by atoms with van der Waals surface area (Å²) in [6, 6.07) is 13.0. The topological polar surface area (TPSA) is 39.4 Å². The van der Waals surface area contributed by atoms with E-state index in [0.29, 0.717) is 5.76 Å². The standard InChI is InChI=1S/C13H12O3/c1-15-13(14)12(11-8-5-9-16-11)10-6-3-2-4-7-10/h2-9,12H,1H3. The van der Waals surface area contributed by atoms with Gasteiger partial charge >= 0.3 is 5.97 Å². The number of esters is 1. The molecule has 1 unspecified atom stereocenters. The molecular formula is C13H12O3. The van der Waals surface area contributed by atoms with Gasteiger partial charge in [-0.15, -0.1) is 0 Å². The van der Waals surface area contributed by atoms with Crippen LogP contribution < -0.4 is 0 Å². The zero-order valence-electron chi connectivity index (χ0n) is 8.92. The van der Waals surface area contributed by atoms with Crippen molar-refractivity contribution in [3.63, 3.8) is 0 Å². The molecule has 82 valence electrons. The van der Waals surface area contributed by atoms with Gasteiger partial charge < -0.3 is 9.15 Å². The smallest absolute Gasteiger partial charge is 0.320 e. The van der Waals surface area contributed by atoms with Crippen molar-refractivity contribution in [2.45, 2.75) is 5.92 Å². The Balaban J connectivity index is 2.40. The van der Waals surface area contributed by atoms with Crippen molar-refractivity contribution in [1.29, 1.82) is 0 Å². The first kappa shape index (κ1) is 10.5. The minimum atomic E-state index is -0.485. The minimum absolute atomic E-state index is 0.318. The van der Waals surface area contributed by atoms with E-state index in [4.69, 9.17) is 9.15 Å². The van der Waals surface area contributed by atoms with Crippen LogP contribution in [-0.4, -0.2) is 13.1 Å². The number of benzene rings is 1. The maximum absolute atomic E-state index is 11.7. The van der Waals surface area contributed by atoms with Crippen LogP contribution in [-0.2, 0) is 9.53 Å². The first-order valence-electron chi connectivity index (χ1n) is 4.99. The van der Waals surface area contributed by atoms with Crippen molar-refractivity contribution < 1.29 is 13.9 Å². The van der Waals surface area contributed by atoms with Gasteiger partial charge in [0, 0.05) is 0 Å². The Labute approximate surface area is 93.7 Å². The predicted molar refractivity (Wildman–Crippen MR) is 59.0 cm³/mol. The molecule has 0 saturated carbocycles. The molecule has 3 heteroatoms. The first-order chi connectivity index (χ1) is 7.83. The molecule has 0 aliphatic heterocycles. The number of hydrogen-bond donors (Lipinski definition) is 0. The van der Waals surface area contributed by atoms with Crippen molar-refractivity contribution in [3.05, 3.63) is 60.1 Å². The fraction of sp³-hybridized carbons (Fsp3) is 0.154. The van der Waals surface area contributed by atoms with Gasteiger partial charge in [-0.3, -0.25) is 4.79 Å². The lowest BCUT2D eigenvalue weighted by Crippen LogP contribution is -2.14. The molecule has 3 nitrogen and oxygen atoms in total. The largest absolute Gasteiger partial charge is 0.468 e. The molecule has 0 aliphatic carbocycles. The monoisotopic (exact) mass is 216 g/mol. The van der Waals surface area contributed by atoms with Gasteiger partial charge in [-0.05, 0) is 17.7 Å². The van der Waals surface area contributed by atoms with Crippen LogP contribution in [0, 0.1) is 0 Å². The molecule has 1 heterocycles. The van der Waals surface area contributed by atoms with Gasteiger partial charge in [-0.2, -0.15) is 0 Å². The summed E-state index contributed by atoms with van der Waals surface area (Å²) in [5.74, 6) is -0.208. The minimum Gasteiger partial charge on any atom is -0.468 e. The fourth-order valence-electron chi connectivity index (χ4n) is 1.64. The Kier molecular flexibility index (Phi) is 3.05. The van der Waals surface area contributed by atoms with Gasteiger partial charge in [0.15, 0.2) is 0 Å². The molecule has 2 rings (SSSR count). The summed E-state index contributed by atoms with van der Waals surface area (Å²) in [6.45, 7) is 0. The van der Waals surface area contributed by atoms with E-state index in [1.54, 1.807) is 18.4 Å². The molecule has 0 aliphatic rings. The van der Waals surface area contributed by atoms with Crippen molar-refractivity contribution in [3.8, 4) is 0 Å². The predicted octanol–water partition coefficient (Wildman–Crippen LogP) is 2.58. The molecule has 0 fully saturated rings. The second-order valence-electron chi connectivity index (χ2n) is 3.38. The number of carbonyl (C=O) groups is 1. The molecule has 1 aromatic heterocycles. The van der Waals surface area contributed by atoms with Gasteiger partial charge in [0.2, 0.25) is 0 Å². The number of carbonyl (C=O) groups excluding carboxylic acids is 1. The highest BCUT2D eigenvalue weighted by atomic mass is 16.5. The molecule has 2 aromatic rings. The van der Waals surface area contributed by atoms with Crippen molar-refractivity contribution in [2.24, 2.45) is 0 Å². The zero-order chi connectivity index (χ0) is 11.4. The second kappa shape index (κ2) is 4.66. The first-order valence-corrected chi connectivity index (χ1v) is 4.99. The fourth-order valence-corrected chi connectivity index (χ4v) is 1.64. The number of ether oxygens (including phenoxy) is 1. The van der Waals surface area contributed by atoms with E-state index in [0.717, 1.165) is 5.56 Å². The Morgan fingerprint density at radius 2 is 1.94 bits per heavy atom. The molecular weight excluding hydrogens is 204 g/mol. The summed E-state index contributed by atoms with van der Waals surface area (Å²) in [4.78, 5) is 11.7. The maximum Gasteiger partial charge on any atom is 0.320 e.